The average Bonchev–Trinajstić information content (AvgIpc) is 3.12. The molecule has 1 nitrogen and oxygen atoms in total. The van der Waals surface area contributed by atoms with E-state index >= 15 is 0 Å². The van der Waals surface area contributed by atoms with Crippen molar-refractivity contribution in [2.75, 3.05) is 0 Å². The van der Waals surface area contributed by atoms with E-state index in [9.17, 15) is 0 Å². The minimum atomic E-state index is -0.310. The van der Waals surface area contributed by atoms with E-state index in [4.69, 9.17) is 0 Å². The van der Waals surface area contributed by atoms with Crippen LogP contribution >= 0.6 is 0 Å². The minimum absolute atomic E-state index is 0. The van der Waals surface area contributed by atoms with Crippen LogP contribution < -0.4 is 24.8 Å². The normalized spacial score (nSPS) is 13.4. The summed E-state index contributed by atoms with van der Waals surface area (Å²) >= 11 is 0. The fourth-order valence-corrected chi connectivity index (χ4v) is 3.38. The molecule has 0 bridgehead atoms. The monoisotopic (exact) mass is 462 g/mol. The van der Waals surface area contributed by atoms with Crippen LogP contribution in [0.15, 0.2) is 82.5 Å². The molecule has 5 heteroatoms. The van der Waals surface area contributed by atoms with Crippen molar-refractivity contribution < 1.29 is 51.0 Å². The van der Waals surface area contributed by atoms with Crippen molar-refractivity contribution in [1.29, 1.82) is 0 Å². The van der Waals surface area contributed by atoms with Crippen LogP contribution in [0.3, 0.4) is 0 Å². The van der Waals surface area contributed by atoms with Gasteiger partial charge in [-0.25, -0.2) is 4.99 Å². The topological polar surface area (TPSA) is 12.4 Å². The molecule has 25 heavy (non-hydrogen) atoms. The van der Waals surface area contributed by atoms with Gasteiger partial charge in [0, 0.05) is 14.0 Å². The van der Waals surface area contributed by atoms with Crippen LogP contribution in [0.2, 0.25) is 13.1 Å². The number of fused-ring (bicyclic) bond motifs is 2. The standard InChI is InChI=1S/C11H13NSi.C9H7.2ClH.Zr/c1-8-4-9-6-10(7-13(2)3)12-11(9)5-8;1-2-5-9-7-3-6-8(9)4-1;;;/h4-7H,1-3H3;1-7H;2*1H;/q;-1;;;+3/p-2. The molecule has 4 rings (SSSR count). The van der Waals surface area contributed by atoms with Crippen molar-refractivity contribution in [3.8, 4) is 0 Å². The summed E-state index contributed by atoms with van der Waals surface area (Å²) in [6.45, 7) is 6.66. The molecule has 0 saturated carbocycles. The van der Waals surface area contributed by atoms with Gasteiger partial charge in [-0.15, -0.1) is 29.7 Å². The molecule has 0 spiro atoms. The molecule has 0 unspecified atom stereocenters. The summed E-state index contributed by atoms with van der Waals surface area (Å²) in [4.78, 5) is 4.54. The van der Waals surface area contributed by atoms with E-state index in [-0.39, 0.29) is 59.4 Å². The van der Waals surface area contributed by atoms with Gasteiger partial charge in [0.15, 0.2) is 0 Å². The molecular formula is C20H20Cl2NSiZr. The van der Waals surface area contributed by atoms with Crippen molar-refractivity contribution in [3.05, 3.63) is 77.5 Å². The molecule has 2 aliphatic rings. The second kappa shape index (κ2) is 11.1. The van der Waals surface area contributed by atoms with Crippen molar-refractivity contribution >= 4 is 30.6 Å². The molecule has 127 valence electrons. The zero-order chi connectivity index (χ0) is 15.5. The van der Waals surface area contributed by atoms with Crippen LogP contribution in [0.4, 0.5) is 0 Å². The quantitative estimate of drug-likeness (QED) is 0.376. The van der Waals surface area contributed by atoms with E-state index in [1.807, 2.05) is 0 Å². The molecule has 0 atom stereocenters. The Kier molecular flexibility index (Phi) is 10.8. The third-order valence-corrected chi connectivity index (χ3v) is 4.45. The summed E-state index contributed by atoms with van der Waals surface area (Å²) < 4.78 is 0. The Balaban J connectivity index is 0.000000430. The van der Waals surface area contributed by atoms with Crippen molar-refractivity contribution in [1.82, 2.24) is 0 Å². The second-order valence-electron chi connectivity index (χ2n) is 5.93. The molecular weight excluding hydrogens is 444 g/mol. The van der Waals surface area contributed by atoms with Gasteiger partial charge in [0.05, 0.1) is 11.4 Å². The fourth-order valence-electron chi connectivity index (χ4n) is 2.64. The number of hydrogen-bond donors (Lipinski definition) is 0. The summed E-state index contributed by atoms with van der Waals surface area (Å²) in [5, 5.41) is 2.66. The van der Waals surface area contributed by atoms with Gasteiger partial charge in [-0.2, -0.15) is 17.5 Å². The van der Waals surface area contributed by atoms with E-state index in [2.05, 4.69) is 91.4 Å². The Labute approximate surface area is 183 Å². The fraction of sp³-hybridized carbons (Fsp3) is 0.150. The molecule has 0 amide bonds. The van der Waals surface area contributed by atoms with Crippen LogP contribution in [0, 0.1) is 0 Å². The smallest absolute Gasteiger partial charge is 1.00 e. The summed E-state index contributed by atoms with van der Waals surface area (Å²) in [7, 11) is -0.310. The number of allylic oxidation sites excluding steroid dienone is 4. The first kappa shape index (κ1) is 24.3. The second-order valence-corrected chi connectivity index (χ2v) is 8.37. The van der Waals surface area contributed by atoms with Crippen LogP contribution in [-0.2, 0) is 26.2 Å². The molecule has 0 fully saturated rings. The van der Waals surface area contributed by atoms with Gasteiger partial charge in [0.2, 0.25) is 0 Å². The Hall–Kier alpha value is -0.730. The van der Waals surface area contributed by atoms with E-state index < -0.39 is 0 Å². The number of aliphatic imine (C=N–C) groups is 1. The maximum absolute atomic E-state index is 4.54. The van der Waals surface area contributed by atoms with Gasteiger partial charge in [-0.05, 0) is 30.7 Å². The zero-order valence-electron chi connectivity index (χ0n) is 14.6. The van der Waals surface area contributed by atoms with Crippen LogP contribution in [-0.4, -0.2) is 19.8 Å². The van der Waals surface area contributed by atoms with Gasteiger partial charge in [-0.1, -0.05) is 24.8 Å². The SMILES string of the molecule is CC1=CC2=CC(C=[Si](C)C)=NC2=C1.[Cl-].[Cl-].[Zr+3].c1ccc2[cH-]ccc2c1. The van der Waals surface area contributed by atoms with Crippen molar-refractivity contribution in [2.24, 2.45) is 4.99 Å². The number of benzene rings is 1. The van der Waals surface area contributed by atoms with E-state index in [0.717, 1.165) is 11.4 Å². The largest absolute Gasteiger partial charge is 3.00 e. The van der Waals surface area contributed by atoms with Gasteiger partial charge < -0.3 is 24.8 Å². The first-order valence-corrected chi connectivity index (χ1v) is 10.2. The van der Waals surface area contributed by atoms with E-state index in [1.54, 1.807) is 0 Å². The first-order chi connectivity index (χ1) is 10.6. The maximum atomic E-state index is 4.54. The predicted molar refractivity (Wildman–Crippen MR) is 100 cm³/mol. The van der Waals surface area contributed by atoms with Crippen LogP contribution in [0.5, 0.6) is 0 Å². The molecule has 1 radical (unpaired) electrons. The van der Waals surface area contributed by atoms with Crippen molar-refractivity contribution in [3.63, 3.8) is 0 Å². The molecule has 0 N–H and O–H groups in total. The Bertz CT molecular complexity index is 838. The Morgan fingerprint density at radius 2 is 1.72 bits per heavy atom. The summed E-state index contributed by atoms with van der Waals surface area (Å²) in [5.74, 6) is 0. The summed E-state index contributed by atoms with van der Waals surface area (Å²) in [6, 6.07) is 14.7. The summed E-state index contributed by atoms with van der Waals surface area (Å²) in [6.07, 6.45) is 6.52. The molecule has 1 heterocycles. The molecule has 2 aromatic carbocycles. The summed E-state index contributed by atoms with van der Waals surface area (Å²) in [5.41, 5.74) is 7.19. The van der Waals surface area contributed by atoms with E-state index in [0.29, 0.717) is 0 Å². The zero-order valence-corrected chi connectivity index (χ0v) is 19.5. The van der Waals surface area contributed by atoms with Crippen LogP contribution in [0.25, 0.3) is 10.8 Å². The third-order valence-electron chi connectivity index (χ3n) is 3.58. The van der Waals surface area contributed by atoms with Gasteiger partial charge in [0.25, 0.3) is 0 Å². The first-order valence-electron chi connectivity index (χ1n) is 7.58. The Morgan fingerprint density at radius 3 is 2.36 bits per heavy atom. The molecule has 1 aliphatic carbocycles. The number of halogens is 2. The van der Waals surface area contributed by atoms with Gasteiger partial charge in [-0.3, -0.25) is 0 Å². The molecule has 2 aromatic rings. The molecule has 0 aromatic heterocycles. The maximum Gasteiger partial charge on any atom is 3.00 e. The molecule has 0 saturated heterocycles. The van der Waals surface area contributed by atoms with E-state index in [1.165, 1.54) is 21.9 Å². The van der Waals surface area contributed by atoms with Crippen LogP contribution in [0.1, 0.15) is 6.92 Å². The van der Waals surface area contributed by atoms with Gasteiger partial charge in [0.1, 0.15) is 0 Å². The van der Waals surface area contributed by atoms with Gasteiger partial charge >= 0.3 is 26.2 Å². The number of nitrogens with zero attached hydrogens (tertiary/aromatic N) is 1. The Morgan fingerprint density at radius 1 is 1.00 bits per heavy atom. The number of rotatable bonds is 1. The number of hydrogen-bond acceptors (Lipinski definition) is 1. The molecule has 1 aliphatic heterocycles. The predicted octanol–water partition coefficient (Wildman–Crippen LogP) is -1.09. The van der Waals surface area contributed by atoms with Crippen molar-refractivity contribution in [2.45, 2.75) is 20.0 Å². The minimum Gasteiger partial charge on any atom is -1.00 e. The average molecular weight is 465 g/mol. The third kappa shape index (κ3) is 6.49.